The molecule has 0 aliphatic carbocycles. The highest BCUT2D eigenvalue weighted by Crippen LogP contribution is 2.51. The van der Waals surface area contributed by atoms with Gasteiger partial charge in [0.05, 0.1) is 33.0 Å². The second-order valence-electron chi connectivity index (χ2n) is 21.3. The number of Topliss-reactive ketones (excluding diaryl/α,β-unsaturated/α-hetero) is 1. The van der Waals surface area contributed by atoms with Crippen molar-refractivity contribution in [2.75, 3.05) is 0 Å². The number of aromatic nitrogens is 2. The molecular weight excluding hydrogens is 1130 g/mol. The van der Waals surface area contributed by atoms with E-state index in [1.54, 1.807) is 48.5 Å². The third kappa shape index (κ3) is 10.7. The molecule has 5 aromatic carbocycles. The number of ketones is 1. The van der Waals surface area contributed by atoms with Crippen LogP contribution in [0, 0.1) is 10.1 Å². The Balaban J connectivity index is 0.000000193. The Morgan fingerprint density at radius 2 is 0.906 bits per heavy atom. The van der Waals surface area contributed by atoms with Crippen LogP contribution in [0.1, 0.15) is 101 Å². The molecule has 0 N–H and O–H groups in total. The molecule has 7 aromatic rings. The summed E-state index contributed by atoms with van der Waals surface area (Å²) in [5.74, 6) is -3.84. The summed E-state index contributed by atoms with van der Waals surface area (Å²) in [7, 11) is -8.15. The average molecular weight is 1180 g/mol. The highest BCUT2D eigenvalue weighted by molar-refractivity contribution is 7.94. The molecule has 85 heavy (non-hydrogen) atoms. The minimum Gasteiger partial charge on any atom is -0.451 e. The molecule has 2 aromatic heterocycles. The normalized spacial score (nSPS) is 20.9. The Hall–Kier alpha value is -9.80. The van der Waals surface area contributed by atoms with Crippen molar-refractivity contribution in [2.24, 2.45) is 0 Å². The Morgan fingerprint density at radius 1 is 0.553 bits per heavy atom. The van der Waals surface area contributed by atoms with E-state index in [0.717, 1.165) is 9.80 Å². The van der Waals surface area contributed by atoms with Crippen LogP contribution >= 0.6 is 0 Å². The molecule has 6 heterocycles. The van der Waals surface area contributed by atoms with E-state index in [9.17, 15) is 55.7 Å². The fraction of sp³-hybridized carbons (Fsp3) is 0.206. The summed E-state index contributed by atoms with van der Waals surface area (Å²) in [4.78, 5) is 99.5. The number of benzene rings is 5. The first-order chi connectivity index (χ1) is 40.4. The van der Waals surface area contributed by atoms with E-state index in [1.807, 2.05) is 72.8 Å². The lowest BCUT2D eigenvalue weighted by Crippen LogP contribution is -2.59. The highest BCUT2D eigenvalue weighted by atomic mass is 32.2. The number of β-lactam (4-membered cyclic amide) rings is 2. The Morgan fingerprint density at radius 3 is 1.26 bits per heavy atom. The van der Waals surface area contributed by atoms with Crippen LogP contribution in [0.4, 0.5) is 5.69 Å². The maximum atomic E-state index is 13.8. The molecule has 0 saturated carbocycles. The zero-order chi connectivity index (χ0) is 60.8. The highest BCUT2D eigenvalue weighted by Gasteiger charge is 2.72. The number of fused-ring (bicyclic) bond motifs is 2. The van der Waals surface area contributed by atoms with Gasteiger partial charge in [0.15, 0.2) is 60.5 Å². The number of carbonyl (C=O) groups is 6. The lowest BCUT2D eigenvalue weighted by atomic mass is 9.94. The van der Waals surface area contributed by atoms with Gasteiger partial charge in [-0.3, -0.25) is 34.5 Å². The fourth-order valence-electron chi connectivity index (χ4n) is 10.7. The predicted octanol–water partition coefficient (Wildman–Crippen LogP) is 8.41. The summed E-state index contributed by atoms with van der Waals surface area (Å²) in [6.07, 6.45) is 3.72. The minimum absolute atomic E-state index is 0.00393. The molecule has 0 spiro atoms. The molecule has 432 valence electrons. The standard InChI is InChI=1S/C34H27N3O9S.C29H26N2O6S/c1-34(2)29(33(40)46-28(21-9-5-3-6-10-21)22-11-7-4-8-12-22)36-30(38)27(31(36)47(34,43)44)20-24-19-23(17-18-35-24)32(39)45-26-15-13-25(14-16-26)37(41)42;1-18(32)21-14-15-30-22(16-21)17-23-26(33)31-25(29(2,3)38(35,36)27(23)31)28(34)37-24(19-10-6-4-7-11-19)20-12-8-5-9-13-20/h3-20,28-29,31H,1-2H3;4-17,24-25,27H,1-3H3/b27-20-;23-17-/t29-,31+;25-,27+/m00/s1. The first-order valence-electron chi connectivity index (χ1n) is 26.5. The molecule has 4 atom stereocenters. The summed E-state index contributed by atoms with van der Waals surface area (Å²) in [6, 6.07) is 44.2. The molecule has 0 unspecified atom stereocenters. The smallest absolute Gasteiger partial charge is 0.343 e. The molecule has 2 amide bonds. The number of nitrogens with zero attached hydrogens (tertiary/aromatic N) is 5. The summed E-state index contributed by atoms with van der Waals surface area (Å²) in [5.41, 5.74) is 3.34. The summed E-state index contributed by atoms with van der Waals surface area (Å²) in [6.45, 7) is 7.06. The van der Waals surface area contributed by atoms with Crippen molar-refractivity contribution in [2.45, 2.75) is 79.2 Å². The third-order valence-electron chi connectivity index (χ3n) is 15.3. The number of carbonyl (C=O) groups excluding carboxylic acids is 6. The molecule has 0 bridgehead atoms. The summed E-state index contributed by atoms with van der Waals surface area (Å²) < 4.78 is 68.8. The van der Waals surface area contributed by atoms with E-state index < -0.39 is 98.9 Å². The van der Waals surface area contributed by atoms with Gasteiger partial charge in [-0.1, -0.05) is 121 Å². The molecular formula is C63H53N5O15S2. The van der Waals surface area contributed by atoms with Crippen molar-refractivity contribution in [3.8, 4) is 5.75 Å². The van der Waals surface area contributed by atoms with Gasteiger partial charge in [-0.2, -0.15) is 0 Å². The van der Waals surface area contributed by atoms with Crippen molar-refractivity contribution in [1.29, 1.82) is 0 Å². The van der Waals surface area contributed by atoms with E-state index in [1.165, 1.54) is 108 Å². The van der Waals surface area contributed by atoms with Gasteiger partial charge < -0.3 is 24.0 Å². The number of ether oxygens (including phenoxy) is 3. The van der Waals surface area contributed by atoms with E-state index >= 15 is 0 Å². The number of pyridine rings is 2. The number of rotatable bonds is 14. The SMILES string of the molecule is CC(=O)c1ccnc(/C=C2/C(=O)N3[C@@H](C(=O)OC(c4ccccc4)c4ccccc4)C(C)(C)S(=O)(=O)[C@H]23)c1.CC1(C)[C@H](C(=O)OC(c2ccccc2)c2ccccc2)N2C(=O)/C(=C/c3cc(C(=O)Oc4ccc([N+](=O)[O-])cc4)ccn3)[C@H]2S1(=O)=O. The first-order valence-corrected chi connectivity index (χ1v) is 29.6. The lowest BCUT2D eigenvalue weighted by molar-refractivity contribution is -0.384. The molecule has 4 saturated heterocycles. The maximum absolute atomic E-state index is 13.8. The van der Waals surface area contributed by atoms with E-state index in [4.69, 9.17) is 14.2 Å². The molecule has 4 fully saturated rings. The largest absolute Gasteiger partial charge is 0.451 e. The molecule has 22 heteroatoms. The van der Waals surface area contributed by atoms with Crippen LogP contribution in [0.2, 0.25) is 0 Å². The third-order valence-corrected chi connectivity index (χ3v) is 20.8. The van der Waals surface area contributed by atoms with Crippen LogP contribution in [0.25, 0.3) is 12.2 Å². The zero-order valence-electron chi connectivity index (χ0n) is 46.1. The number of esters is 3. The van der Waals surface area contributed by atoms with Crippen LogP contribution in [-0.2, 0) is 48.3 Å². The summed E-state index contributed by atoms with van der Waals surface area (Å²) in [5, 5.41) is 8.15. The Bertz CT molecular complexity index is 4050. The number of nitro benzene ring substituents is 1. The van der Waals surface area contributed by atoms with Gasteiger partial charge in [0, 0.05) is 30.1 Å². The number of non-ortho nitro benzene ring substituents is 1. The molecule has 11 rings (SSSR count). The fourth-order valence-corrected chi connectivity index (χ4v) is 14.9. The monoisotopic (exact) mass is 1180 g/mol. The van der Waals surface area contributed by atoms with Gasteiger partial charge >= 0.3 is 17.9 Å². The Labute approximate surface area is 488 Å². The van der Waals surface area contributed by atoms with Gasteiger partial charge in [-0.05, 0) is 105 Å². The van der Waals surface area contributed by atoms with Crippen LogP contribution in [0.5, 0.6) is 5.75 Å². The number of amides is 2. The number of hydrogen-bond donors (Lipinski definition) is 0. The molecule has 20 nitrogen and oxygen atoms in total. The second-order valence-corrected chi connectivity index (χ2v) is 26.5. The van der Waals surface area contributed by atoms with Crippen LogP contribution < -0.4 is 4.74 Å². The first kappa shape index (κ1) is 58.4. The average Bonchev–Trinajstić information content (AvgIpc) is 1.54. The molecule has 0 radical (unpaired) electrons. The molecule has 4 aliphatic rings. The summed E-state index contributed by atoms with van der Waals surface area (Å²) >= 11 is 0. The van der Waals surface area contributed by atoms with Crippen molar-refractivity contribution in [3.63, 3.8) is 0 Å². The van der Waals surface area contributed by atoms with Gasteiger partial charge in [0.2, 0.25) is 0 Å². The number of nitro groups is 1. The maximum Gasteiger partial charge on any atom is 0.343 e. The number of hydrogen-bond acceptors (Lipinski definition) is 17. The van der Waals surface area contributed by atoms with Crippen LogP contribution in [-0.4, -0.2) is 109 Å². The van der Waals surface area contributed by atoms with Crippen molar-refractivity contribution >= 4 is 73.0 Å². The van der Waals surface area contributed by atoms with E-state index in [0.29, 0.717) is 27.8 Å². The van der Waals surface area contributed by atoms with Crippen LogP contribution in [0.3, 0.4) is 0 Å². The minimum atomic E-state index is -4.14. The van der Waals surface area contributed by atoms with Gasteiger partial charge in [0.1, 0.15) is 15.2 Å². The lowest BCUT2D eigenvalue weighted by Gasteiger charge is -2.38. The quantitative estimate of drug-likeness (QED) is 0.0188. The van der Waals surface area contributed by atoms with Crippen LogP contribution in [0.15, 0.2) is 193 Å². The van der Waals surface area contributed by atoms with E-state index in [-0.39, 0.29) is 45.3 Å². The van der Waals surface area contributed by atoms with Gasteiger partial charge in [0.25, 0.3) is 17.5 Å². The zero-order valence-corrected chi connectivity index (χ0v) is 47.7. The molecule has 4 aliphatic heterocycles. The van der Waals surface area contributed by atoms with Gasteiger partial charge in [-0.15, -0.1) is 0 Å². The topological polar surface area (TPSA) is 274 Å². The second kappa shape index (κ2) is 22.7. The predicted molar refractivity (Wildman–Crippen MR) is 309 cm³/mol. The van der Waals surface area contributed by atoms with Crippen molar-refractivity contribution in [1.82, 2.24) is 19.8 Å². The van der Waals surface area contributed by atoms with Crippen molar-refractivity contribution < 1.29 is 64.7 Å². The van der Waals surface area contributed by atoms with Crippen molar-refractivity contribution in [3.05, 3.63) is 248 Å². The van der Waals surface area contributed by atoms with E-state index in [2.05, 4.69) is 9.97 Å². The number of sulfone groups is 2. The van der Waals surface area contributed by atoms with Gasteiger partial charge in [-0.25, -0.2) is 31.2 Å². The Kier molecular flexibility index (Phi) is 15.6.